The van der Waals surface area contributed by atoms with Crippen molar-refractivity contribution in [2.24, 2.45) is 0 Å². The van der Waals surface area contributed by atoms with Crippen molar-refractivity contribution in [1.82, 2.24) is 9.71 Å². The van der Waals surface area contributed by atoms with Crippen molar-refractivity contribution in [3.63, 3.8) is 0 Å². The number of pyridine rings is 1. The highest BCUT2D eigenvalue weighted by Gasteiger charge is 2.18. The molecule has 1 N–H and O–H groups in total. The van der Waals surface area contributed by atoms with Crippen LogP contribution in [0, 0.1) is 10.1 Å². The van der Waals surface area contributed by atoms with Gasteiger partial charge in [0.2, 0.25) is 10.0 Å². The number of benzene rings is 1. The van der Waals surface area contributed by atoms with Crippen molar-refractivity contribution in [2.75, 3.05) is 0 Å². The van der Waals surface area contributed by atoms with Crippen LogP contribution in [0.25, 0.3) is 0 Å². The van der Waals surface area contributed by atoms with E-state index in [1.807, 2.05) is 6.07 Å². The topological polar surface area (TPSA) is 102 Å². The molecule has 0 fully saturated rings. The predicted octanol–water partition coefficient (Wildman–Crippen LogP) is 2.23. The van der Waals surface area contributed by atoms with Gasteiger partial charge in [-0.3, -0.25) is 0 Å². The number of nitrogens with one attached hydrogen (secondary N) is 1. The second-order valence-electron chi connectivity index (χ2n) is 4.03. The molecule has 1 aromatic heterocycles. The Labute approximate surface area is 129 Å². The lowest BCUT2D eigenvalue weighted by Crippen LogP contribution is -2.23. The average Bonchev–Trinajstić information content (AvgIpc) is 2.46. The van der Waals surface area contributed by atoms with Crippen LogP contribution in [0.2, 0.25) is 0 Å². The summed E-state index contributed by atoms with van der Waals surface area (Å²) in [4.78, 5) is 13.2. The maximum absolute atomic E-state index is 12.1. The third-order valence-corrected chi connectivity index (χ3v) is 4.79. The Morgan fingerprint density at radius 3 is 2.52 bits per heavy atom. The lowest BCUT2D eigenvalue weighted by Gasteiger charge is -2.07. The molecule has 1 aromatic carbocycles. The van der Waals surface area contributed by atoms with Crippen LogP contribution in [0.3, 0.4) is 0 Å². The Morgan fingerprint density at radius 1 is 1.24 bits per heavy atom. The van der Waals surface area contributed by atoms with E-state index in [-0.39, 0.29) is 11.4 Å². The average molecular weight is 372 g/mol. The minimum absolute atomic E-state index is 0.0980. The Morgan fingerprint density at radius 2 is 1.95 bits per heavy atom. The maximum Gasteiger partial charge on any atom is 0.363 e. The van der Waals surface area contributed by atoms with Crippen LogP contribution in [-0.4, -0.2) is 18.3 Å². The van der Waals surface area contributed by atoms with Crippen LogP contribution in [0.15, 0.2) is 52.0 Å². The summed E-state index contributed by atoms with van der Waals surface area (Å²) >= 11 is 3.32. The van der Waals surface area contributed by atoms with Gasteiger partial charge >= 0.3 is 5.82 Å². The Kier molecular flexibility index (Phi) is 4.66. The van der Waals surface area contributed by atoms with Crippen LogP contribution in [0.1, 0.15) is 5.56 Å². The molecule has 0 aliphatic rings. The molecule has 0 atom stereocenters. The number of nitro groups is 1. The van der Waals surface area contributed by atoms with Crippen molar-refractivity contribution in [3.8, 4) is 0 Å². The molecule has 21 heavy (non-hydrogen) atoms. The molecule has 2 aromatic rings. The van der Waals surface area contributed by atoms with Gasteiger partial charge in [0.05, 0.1) is 0 Å². The summed E-state index contributed by atoms with van der Waals surface area (Å²) < 4.78 is 27.3. The molecule has 2 rings (SSSR count). The molecular weight excluding hydrogens is 362 g/mol. The van der Waals surface area contributed by atoms with Gasteiger partial charge in [-0.15, -0.1) is 0 Å². The highest BCUT2D eigenvalue weighted by atomic mass is 79.9. The molecule has 0 radical (unpaired) electrons. The summed E-state index contributed by atoms with van der Waals surface area (Å²) in [5.74, 6) is -0.403. The number of halogens is 1. The van der Waals surface area contributed by atoms with Gasteiger partial charge in [-0.25, -0.2) is 13.1 Å². The van der Waals surface area contributed by atoms with Gasteiger partial charge in [-0.2, -0.15) is 0 Å². The van der Waals surface area contributed by atoms with E-state index in [0.29, 0.717) is 0 Å². The molecule has 0 aliphatic heterocycles. The van der Waals surface area contributed by atoms with E-state index in [0.717, 1.165) is 28.4 Å². The Bertz CT molecular complexity index is 762. The van der Waals surface area contributed by atoms with Crippen molar-refractivity contribution >= 4 is 31.8 Å². The smallest absolute Gasteiger partial charge is 0.358 e. The normalized spacial score (nSPS) is 11.3. The summed E-state index contributed by atoms with van der Waals surface area (Å²) in [7, 11) is -3.77. The van der Waals surface area contributed by atoms with Crippen molar-refractivity contribution < 1.29 is 13.3 Å². The van der Waals surface area contributed by atoms with E-state index in [9.17, 15) is 18.5 Å². The van der Waals surface area contributed by atoms with Crippen LogP contribution < -0.4 is 4.72 Å². The Balaban J connectivity index is 2.15. The van der Waals surface area contributed by atoms with E-state index in [1.165, 1.54) is 0 Å². The van der Waals surface area contributed by atoms with Gasteiger partial charge in [-0.1, -0.05) is 34.1 Å². The van der Waals surface area contributed by atoms with E-state index < -0.39 is 20.8 Å². The first-order valence-corrected chi connectivity index (χ1v) is 8.01. The zero-order chi connectivity index (χ0) is 15.5. The zero-order valence-corrected chi connectivity index (χ0v) is 13.0. The van der Waals surface area contributed by atoms with Gasteiger partial charge in [0.1, 0.15) is 4.90 Å². The number of nitrogens with zero attached hydrogens (tertiary/aromatic N) is 2. The summed E-state index contributed by atoms with van der Waals surface area (Å²) in [5, 5.41) is 10.5. The molecule has 7 nitrogen and oxygen atoms in total. The highest BCUT2D eigenvalue weighted by molar-refractivity contribution is 9.10. The van der Waals surface area contributed by atoms with Gasteiger partial charge in [0, 0.05) is 17.1 Å². The second kappa shape index (κ2) is 6.29. The number of hydrogen-bond donors (Lipinski definition) is 1. The van der Waals surface area contributed by atoms with Gasteiger partial charge in [0.25, 0.3) is 0 Å². The first-order valence-electron chi connectivity index (χ1n) is 5.73. The summed E-state index contributed by atoms with van der Waals surface area (Å²) in [5.41, 5.74) is 0.774. The number of rotatable bonds is 5. The summed E-state index contributed by atoms with van der Waals surface area (Å²) in [6.45, 7) is 0.0980. The van der Waals surface area contributed by atoms with Gasteiger partial charge in [0.15, 0.2) is 6.20 Å². The van der Waals surface area contributed by atoms with E-state index in [2.05, 4.69) is 25.6 Å². The lowest BCUT2D eigenvalue weighted by atomic mass is 10.2. The number of hydrogen-bond acceptors (Lipinski definition) is 5. The van der Waals surface area contributed by atoms with E-state index in [1.54, 1.807) is 18.2 Å². The number of sulfonamides is 1. The molecule has 0 saturated carbocycles. The standard InChI is InChI=1S/C12H10BrN3O4S/c13-11-4-2-1-3-9(11)7-15-21(19,20)10-5-6-12(14-8-10)16(17)18/h1-6,8,15H,7H2. The monoisotopic (exact) mass is 371 g/mol. The van der Waals surface area contributed by atoms with Crippen LogP contribution in [0.4, 0.5) is 5.82 Å². The minimum atomic E-state index is -3.77. The molecule has 0 unspecified atom stereocenters. The first-order chi connectivity index (χ1) is 9.90. The number of aromatic nitrogens is 1. The second-order valence-corrected chi connectivity index (χ2v) is 6.65. The van der Waals surface area contributed by atoms with Crippen molar-refractivity contribution in [1.29, 1.82) is 0 Å². The summed E-state index contributed by atoms with van der Waals surface area (Å²) in [6.07, 6.45) is 0.959. The fourth-order valence-electron chi connectivity index (χ4n) is 1.54. The Hall–Kier alpha value is -1.84. The van der Waals surface area contributed by atoms with Crippen molar-refractivity contribution in [2.45, 2.75) is 11.4 Å². The first kappa shape index (κ1) is 15.5. The quantitative estimate of drug-likeness (QED) is 0.641. The molecule has 110 valence electrons. The molecule has 9 heteroatoms. The largest absolute Gasteiger partial charge is 0.363 e. The molecule has 0 amide bonds. The molecule has 0 bridgehead atoms. The minimum Gasteiger partial charge on any atom is -0.358 e. The highest BCUT2D eigenvalue weighted by Crippen LogP contribution is 2.17. The lowest BCUT2D eigenvalue weighted by molar-refractivity contribution is -0.389. The SMILES string of the molecule is O=[N+]([O-])c1ccc(S(=O)(=O)NCc2ccccc2Br)cn1. The third-order valence-electron chi connectivity index (χ3n) is 2.63. The molecule has 0 spiro atoms. The zero-order valence-electron chi connectivity index (χ0n) is 10.6. The molecule has 1 heterocycles. The molecular formula is C12H10BrN3O4S. The van der Waals surface area contributed by atoms with Crippen LogP contribution in [-0.2, 0) is 16.6 Å². The molecule has 0 aliphatic carbocycles. The van der Waals surface area contributed by atoms with Crippen LogP contribution in [0.5, 0.6) is 0 Å². The van der Waals surface area contributed by atoms with Crippen LogP contribution >= 0.6 is 15.9 Å². The van der Waals surface area contributed by atoms with Gasteiger partial charge in [-0.05, 0) is 27.6 Å². The predicted molar refractivity (Wildman–Crippen MR) is 79.1 cm³/mol. The fourth-order valence-corrected chi connectivity index (χ4v) is 2.91. The fraction of sp³-hybridized carbons (Fsp3) is 0.0833. The summed E-state index contributed by atoms with van der Waals surface area (Å²) in [6, 6.07) is 9.39. The van der Waals surface area contributed by atoms with E-state index >= 15 is 0 Å². The van der Waals surface area contributed by atoms with Gasteiger partial charge < -0.3 is 10.1 Å². The third kappa shape index (κ3) is 3.84. The van der Waals surface area contributed by atoms with Crippen molar-refractivity contribution in [3.05, 3.63) is 62.7 Å². The molecule has 0 saturated heterocycles. The van der Waals surface area contributed by atoms with E-state index in [4.69, 9.17) is 0 Å². The maximum atomic E-state index is 12.1.